The molecule has 3 heteroatoms. The first-order valence-electron chi connectivity index (χ1n) is 6.43. The lowest BCUT2D eigenvalue weighted by Crippen LogP contribution is -2.41. The molecule has 1 heterocycles. The van der Waals surface area contributed by atoms with Gasteiger partial charge in [-0.2, -0.15) is 0 Å². The van der Waals surface area contributed by atoms with E-state index in [0.717, 1.165) is 32.7 Å². The van der Waals surface area contributed by atoms with Crippen LogP contribution in [0.15, 0.2) is 0 Å². The summed E-state index contributed by atoms with van der Waals surface area (Å²) in [6, 6.07) is 0. The SMILES string of the molecule is CC(O)C1CCCN(CCOC(C)(C)C)C1. The van der Waals surface area contributed by atoms with E-state index >= 15 is 0 Å². The van der Waals surface area contributed by atoms with Crippen LogP contribution in [0.3, 0.4) is 0 Å². The van der Waals surface area contributed by atoms with Gasteiger partial charge in [0.1, 0.15) is 0 Å². The molecule has 0 spiro atoms. The summed E-state index contributed by atoms with van der Waals surface area (Å²) in [6.45, 7) is 12.1. The van der Waals surface area contributed by atoms with Gasteiger partial charge in [0.15, 0.2) is 0 Å². The topological polar surface area (TPSA) is 32.7 Å². The predicted octanol–water partition coefficient (Wildman–Crippen LogP) is 1.89. The number of piperidine rings is 1. The average molecular weight is 229 g/mol. The number of aliphatic hydroxyl groups is 1. The molecule has 1 N–H and O–H groups in total. The lowest BCUT2D eigenvalue weighted by atomic mass is 9.93. The van der Waals surface area contributed by atoms with E-state index in [9.17, 15) is 5.11 Å². The summed E-state index contributed by atoms with van der Waals surface area (Å²) in [5, 5.41) is 9.59. The first-order chi connectivity index (χ1) is 7.38. The zero-order valence-electron chi connectivity index (χ0n) is 11.2. The van der Waals surface area contributed by atoms with Crippen molar-refractivity contribution >= 4 is 0 Å². The van der Waals surface area contributed by atoms with Gasteiger partial charge in [0.05, 0.1) is 18.3 Å². The molecule has 1 aliphatic heterocycles. The van der Waals surface area contributed by atoms with Crippen LogP contribution in [-0.2, 0) is 4.74 Å². The van der Waals surface area contributed by atoms with Crippen molar-refractivity contribution in [2.75, 3.05) is 26.2 Å². The van der Waals surface area contributed by atoms with E-state index in [-0.39, 0.29) is 11.7 Å². The standard InChI is InChI=1S/C13H27NO2/c1-11(15)12-6-5-7-14(10-12)8-9-16-13(2,3)4/h11-12,15H,5-10H2,1-4H3. The Morgan fingerprint density at radius 1 is 1.44 bits per heavy atom. The lowest BCUT2D eigenvalue weighted by Gasteiger charge is -2.34. The second-order valence-electron chi connectivity index (χ2n) is 5.90. The molecule has 2 atom stereocenters. The first-order valence-corrected chi connectivity index (χ1v) is 6.43. The highest BCUT2D eigenvalue weighted by molar-refractivity contribution is 4.76. The van der Waals surface area contributed by atoms with E-state index < -0.39 is 0 Å². The molecule has 2 unspecified atom stereocenters. The number of likely N-dealkylation sites (tertiary alicyclic amines) is 1. The molecule has 0 aromatic rings. The van der Waals surface area contributed by atoms with Crippen LogP contribution in [0.4, 0.5) is 0 Å². The minimum absolute atomic E-state index is 0.0422. The van der Waals surface area contributed by atoms with Crippen molar-refractivity contribution in [2.45, 2.75) is 52.2 Å². The first kappa shape index (κ1) is 13.9. The molecule has 1 aliphatic rings. The molecule has 1 rings (SSSR count). The second kappa shape index (κ2) is 5.99. The summed E-state index contributed by atoms with van der Waals surface area (Å²) in [6.07, 6.45) is 2.19. The van der Waals surface area contributed by atoms with Gasteiger partial charge in [-0.3, -0.25) is 0 Å². The molecular weight excluding hydrogens is 202 g/mol. The Balaban J connectivity index is 2.22. The molecule has 0 aliphatic carbocycles. The number of ether oxygens (including phenoxy) is 1. The quantitative estimate of drug-likeness (QED) is 0.799. The summed E-state index contributed by atoms with van der Waals surface area (Å²) >= 11 is 0. The van der Waals surface area contributed by atoms with Crippen LogP contribution in [0.25, 0.3) is 0 Å². The minimum Gasteiger partial charge on any atom is -0.393 e. The molecule has 1 fully saturated rings. The maximum atomic E-state index is 9.59. The molecule has 0 aromatic heterocycles. The van der Waals surface area contributed by atoms with E-state index in [2.05, 4.69) is 25.7 Å². The fourth-order valence-electron chi connectivity index (χ4n) is 2.17. The highest BCUT2D eigenvalue weighted by Gasteiger charge is 2.23. The van der Waals surface area contributed by atoms with Crippen LogP contribution in [0.1, 0.15) is 40.5 Å². The maximum absolute atomic E-state index is 9.59. The van der Waals surface area contributed by atoms with E-state index in [1.165, 1.54) is 6.42 Å². The molecule has 16 heavy (non-hydrogen) atoms. The molecule has 0 saturated carbocycles. The highest BCUT2D eigenvalue weighted by Crippen LogP contribution is 2.19. The van der Waals surface area contributed by atoms with Gasteiger partial charge in [0.25, 0.3) is 0 Å². The third-order valence-corrected chi connectivity index (χ3v) is 3.17. The summed E-state index contributed by atoms with van der Waals surface area (Å²) in [5.74, 6) is 0.448. The van der Waals surface area contributed by atoms with Gasteiger partial charge in [-0.25, -0.2) is 0 Å². The van der Waals surface area contributed by atoms with Crippen molar-refractivity contribution in [2.24, 2.45) is 5.92 Å². The monoisotopic (exact) mass is 229 g/mol. The van der Waals surface area contributed by atoms with Crippen LogP contribution in [0, 0.1) is 5.92 Å². The molecule has 0 aromatic carbocycles. The molecule has 3 nitrogen and oxygen atoms in total. The van der Waals surface area contributed by atoms with Gasteiger partial charge < -0.3 is 14.7 Å². The van der Waals surface area contributed by atoms with Gasteiger partial charge in [0, 0.05) is 13.1 Å². The Morgan fingerprint density at radius 3 is 2.69 bits per heavy atom. The fourth-order valence-corrected chi connectivity index (χ4v) is 2.17. The Hall–Kier alpha value is -0.120. The molecule has 96 valence electrons. The number of hydrogen-bond acceptors (Lipinski definition) is 3. The second-order valence-corrected chi connectivity index (χ2v) is 5.90. The third-order valence-electron chi connectivity index (χ3n) is 3.17. The number of aliphatic hydroxyl groups excluding tert-OH is 1. The predicted molar refractivity (Wildman–Crippen MR) is 66.5 cm³/mol. The Kier molecular flexibility index (Phi) is 5.22. The van der Waals surface area contributed by atoms with Crippen molar-refractivity contribution in [3.05, 3.63) is 0 Å². The summed E-state index contributed by atoms with van der Waals surface area (Å²) in [5.41, 5.74) is -0.0422. The van der Waals surface area contributed by atoms with Crippen molar-refractivity contribution in [3.63, 3.8) is 0 Å². The molecule has 0 radical (unpaired) electrons. The van der Waals surface area contributed by atoms with E-state index in [1.807, 2.05) is 6.92 Å². The summed E-state index contributed by atoms with van der Waals surface area (Å²) in [4.78, 5) is 2.41. The van der Waals surface area contributed by atoms with Crippen LogP contribution in [0.2, 0.25) is 0 Å². The van der Waals surface area contributed by atoms with E-state index in [0.29, 0.717) is 5.92 Å². The largest absolute Gasteiger partial charge is 0.393 e. The number of rotatable bonds is 4. The minimum atomic E-state index is -0.175. The van der Waals surface area contributed by atoms with Gasteiger partial charge in [-0.05, 0) is 53.0 Å². The number of hydrogen-bond donors (Lipinski definition) is 1. The summed E-state index contributed by atoms with van der Waals surface area (Å²) in [7, 11) is 0. The molecule has 0 bridgehead atoms. The third kappa shape index (κ3) is 5.28. The molecule has 0 amide bonds. The van der Waals surface area contributed by atoms with E-state index in [1.54, 1.807) is 0 Å². The molecular formula is C13H27NO2. The van der Waals surface area contributed by atoms with Gasteiger partial charge in [0.2, 0.25) is 0 Å². The van der Waals surface area contributed by atoms with Gasteiger partial charge >= 0.3 is 0 Å². The lowest BCUT2D eigenvalue weighted by molar-refractivity contribution is -0.0219. The Labute approximate surface area is 99.8 Å². The zero-order chi connectivity index (χ0) is 12.2. The van der Waals surface area contributed by atoms with Crippen molar-refractivity contribution in [1.82, 2.24) is 4.90 Å². The number of nitrogens with zero attached hydrogens (tertiary/aromatic N) is 1. The zero-order valence-corrected chi connectivity index (χ0v) is 11.2. The van der Waals surface area contributed by atoms with E-state index in [4.69, 9.17) is 4.74 Å². The maximum Gasteiger partial charge on any atom is 0.0600 e. The van der Waals surface area contributed by atoms with Gasteiger partial charge in [-0.15, -0.1) is 0 Å². The van der Waals surface area contributed by atoms with Gasteiger partial charge in [-0.1, -0.05) is 0 Å². The van der Waals surface area contributed by atoms with Crippen molar-refractivity contribution in [1.29, 1.82) is 0 Å². The van der Waals surface area contributed by atoms with Crippen LogP contribution >= 0.6 is 0 Å². The van der Waals surface area contributed by atoms with Crippen LogP contribution < -0.4 is 0 Å². The fraction of sp³-hybridized carbons (Fsp3) is 1.00. The summed E-state index contributed by atoms with van der Waals surface area (Å²) < 4.78 is 5.72. The highest BCUT2D eigenvalue weighted by atomic mass is 16.5. The normalized spacial score (nSPS) is 25.7. The van der Waals surface area contributed by atoms with Crippen molar-refractivity contribution < 1.29 is 9.84 Å². The van der Waals surface area contributed by atoms with Crippen LogP contribution in [0.5, 0.6) is 0 Å². The van der Waals surface area contributed by atoms with Crippen molar-refractivity contribution in [3.8, 4) is 0 Å². The smallest absolute Gasteiger partial charge is 0.0600 e. The van der Waals surface area contributed by atoms with Crippen LogP contribution in [-0.4, -0.2) is 48.0 Å². The average Bonchev–Trinajstić information content (AvgIpc) is 2.16. The Morgan fingerprint density at radius 2 is 2.12 bits per heavy atom. The molecule has 1 saturated heterocycles. The Bertz CT molecular complexity index is 199.